The van der Waals surface area contributed by atoms with Crippen molar-refractivity contribution in [1.82, 2.24) is 0 Å². The number of carboxylic acids is 1. The van der Waals surface area contributed by atoms with E-state index in [4.69, 9.17) is 15.9 Å². The van der Waals surface area contributed by atoms with Crippen LogP contribution in [0.5, 0.6) is 0 Å². The lowest BCUT2D eigenvalue weighted by molar-refractivity contribution is 0.0694. The fourth-order valence-electron chi connectivity index (χ4n) is 4.81. The zero-order valence-corrected chi connectivity index (χ0v) is 24.5. The molecule has 0 amide bonds. The minimum Gasteiger partial charge on any atom is -0.477 e. The van der Waals surface area contributed by atoms with Crippen LogP contribution in [-0.2, 0) is 20.2 Å². The summed E-state index contributed by atoms with van der Waals surface area (Å²) in [5, 5.41) is 9.58. The number of allylic oxidation sites excluding steroid dienone is 2. The van der Waals surface area contributed by atoms with Crippen molar-refractivity contribution in [2.75, 3.05) is 0 Å². The highest BCUT2D eigenvalue weighted by Gasteiger charge is 2.62. The van der Waals surface area contributed by atoms with Crippen LogP contribution in [0.25, 0.3) is 28.4 Å². The van der Waals surface area contributed by atoms with Crippen molar-refractivity contribution in [1.29, 1.82) is 0 Å². The van der Waals surface area contributed by atoms with E-state index in [2.05, 4.69) is 0 Å². The van der Waals surface area contributed by atoms with Gasteiger partial charge in [-0.15, -0.1) is 0 Å². The minimum absolute atomic E-state index is 0.0850. The van der Waals surface area contributed by atoms with Gasteiger partial charge in [0.05, 0.1) is 11.0 Å². The highest BCUT2D eigenvalue weighted by Crippen LogP contribution is 2.43. The van der Waals surface area contributed by atoms with E-state index in [0.717, 1.165) is 6.08 Å². The number of hydrogen-bond donors (Lipinski definition) is 5. The maximum absolute atomic E-state index is 12.3. The van der Waals surface area contributed by atoms with Crippen molar-refractivity contribution in [3.63, 3.8) is 0 Å². The molecule has 1 heterocycles. The highest BCUT2D eigenvalue weighted by molar-refractivity contribution is 8.05. The molecule has 0 radical (unpaired) electrons. The molecule has 14 heteroatoms. The molecule has 1 aliphatic carbocycles. The highest BCUT2D eigenvalue weighted by atomic mass is 32.3. The number of para-hydroxylation sites is 1. The van der Waals surface area contributed by atoms with Gasteiger partial charge < -0.3 is 21.0 Å². The Labute approximate surface area is 252 Å². The molecule has 0 saturated heterocycles. The van der Waals surface area contributed by atoms with Crippen LogP contribution >= 0.6 is 0 Å². The lowest BCUT2D eigenvalue weighted by Gasteiger charge is -2.40. The number of carbonyl (C=O) groups is 1. The summed E-state index contributed by atoms with van der Waals surface area (Å²) in [4.78, 5) is 23.7. The molecule has 1 atom stereocenters. The molecular formula is C30H28N2O10S2. The lowest BCUT2D eigenvalue weighted by atomic mass is 9.87. The molecule has 1 unspecified atom stereocenters. The van der Waals surface area contributed by atoms with Gasteiger partial charge in [-0.2, -0.15) is 16.8 Å². The Morgan fingerprint density at radius 2 is 1.41 bits per heavy atom. The van der Waals surface area contributed by atoms with Crippen LogP contribution < -0.4 is 16.9 Å². The van der Waals surface area contributed by atoms with E-state index in [-0.39, 0.29) is 16.7 Å². The van der Waals surface area contributed by atoms with Gasteiger partial charge in [0.15, 0.2) is 11.3 Å². The van der Waals surface area contributed by atoms with Gasteiger partial charge in [-0.1, -0.05) is 97.1 Å². The summed E-state index contributed by atoms with van der Waals surface area (Å²) in [5.74, 6) is -2.59. The molecule has 0 spiro atoms. The predicted molar refractivity (Wildman–Crippen MR) is 165 cm³/mol. The van der Waals surface area contributed by atoms with Gasteiger partial charge in [-0.05, 0) is 17.7 Å². The van der Waals surface area contributed by atoms with Crippen molar-refractivity contribution < 1.29 is 40.3 Å². The van der Waals surface area contributed by atoms with E-state index in [1.165, 1.54) is 18.2 Å². The standard InChI is InChI=1S/C16H10O4.C14H18N2O6S2/c17-14-11-8-4-5-9-12(11)20-15(13(14)16(18)19)10-6-2-1-3-7-10;15-13(16)9-8-12(7-6-11-4-2-1-3-5-11)14(10-13,23(17,18)19)24(20,21)22/h1-9H,(H,18,19);1-9,12H,10,15-16H2,(H,17,18,19)(H,20,21,22). The quantitative estimate of drug-likeness (QED) is 0.116. The number of carboxylic acid groups (broad SMARTS) is 1. The Kier molecular flexibility index (Phi) is 9.06. The first kappa shape index (κ1) is 32.5. The topological polar surface area (TPSA) is 228 Å². The van der Waals surface area contributed by atoms with Crippen molar-refractivity contribution in [2.24, 2.45) is 17.4 Å². The molecule has 0 saturated carbocycles. The Bertz CT molecular complexity index is 1990. The number of hydrogen-bond acceptors (Lipinski definition) is 9. The summed E-state index contributed by atoms with van der Waals surface area (Å²) in [6.45, 7) is 0. The van der Waals surface area contributed by atoms with Gasteiger partial charge >= 0.3 is 5.97 Å². The third-order valence-electron chi connectivity index (χ3n) is 6.89. The van der Waals surface area contributed by atoms with Crippen LogP contribution in [0.3, 0.4) is 0 Å². The Morgan fingerprint density at radius 3 is 1.98 bits per heavy atom. The second-order valence-corrected chi connectivity index (χ2v) is 13.6. The molecule has 1 aromatic heterocycles. The number of nitrogens with two attached hydrogens (primary N) is 2. The molecular weight excluding hydrogens is 612 g/mol. The van der Waals surface area contributed by atoms with Gasteiger partial charge in [0.2, 0.25) is 9.51 Å². The minimum atomic E-state index is -5.27. The SMILES string of the molecule is NC1(N)C=CC(C=Cc2ccccc2)C(S(=O)(=O)O)(S(=O)(=O)O)C1.O=C(O)c1c(-c2ccccc2)oc2ccccc2c1=O. The van der Waals surface area contributed by atoms with Gasteiger partial charge in [-0.25, -0.2) is 4.79 Å². The Hall–Kier alpha value is -4.44. The molecule has 12 nitrogen and oxygen atoms in total. The molecule has 7 N–H and O–H groups in total. The third-order valence-corrected chi connectivity index (χ3v) is 10.7. The number of fused-ring (bicyclic) bond motifs is 1. The van der Waals surface area contributed by atoms with Crippen molar-refractivity contribution in [2.45, 2.75) is 16.2 Å². The molecule has 0 bridgehead atoms. The first-order chi connectivity index (χ1) is 20.6. The van der Waals surface area contributed by atoms with E-state index in [1.807, 2.05) is 6.07 Å². The summed E-state index contributed by atoms with van der Waals surface area (Å²) in [5.41, 5.74) is 10.2. The molecule has 4 aromatic rings. The van der Waals surface area contributed by atoms with Crippen LogP contribution in [0.4, 0.5) is 0 Å². The van der Waals surface area contributed by atoms with Gasteiger partial charge in [0.1, 0.15) is 5.58 Å². The zero-order chi connectivity index (χ0) is 32.3. The van der Waals surface area contributed by atoms with Crippen molar-refractivity contribution in [3.8, 4) is 11.3 Å². The van der Waals surface area contributed by atoms with E-state index in [1.54, 1.807) is 78.9 Å². The van der Waals surface area contributed by atoms with E-state index < -0.39 is 53.7 Å². The number of rotatable bonds is 6. The lowest BCUT2D eigenvalue weighted by Crippen LogP contribution is -2.63. The summed E-state index contributed by atoms with van der Waals surface area (Å²) in [7, 11) is -10.5. The number of aromatic carboxylic acids is 1. The smallest absolute Gasteiger partial charge is 0.343 e. The third kappa shape index (κ3) is 6.55. The first-order valence-electron chi connectivity index (χ1n) is 12.9. The average molecular weight is 641 g/mol. The molecule has 230 valence electrons. The second kappa shape index (κ2) is 12.3. The van der Waals surface area contributed by atoms with Crippen molar-refractivity contribution in [3.05, 3.63) is 125 Å². The summed E-state index contributed by atoms with van der Waals surface area (Å²) >= 11 is 0. The fraction of sp³-hybridized carbons (Fsp3) is 0.133. The second-order valence-electron chi connectivity index (χ2n) is 10.0. The molecule has 5 rings (SSSR count). The maximum Gasteiger partial charge on any atom is 0.343 e. The zero-order valence-electron chi connectivity index (χ0n) is 22.8. The number of benzene rings is 3. The monoisotopic (exact) mass is 640 g/mol. The molecule has 0 aliphatic heterocycles. The van der Waals surface area contributed by atoms with Crippen LogP contribution in [-0.4, -0.2) is 46.8 Å². The molecule has 1 aliphatic rings. The van der Waals surface area contributed by atoms with E-state index >= 15 is 0 Å². The van der Waals surface area contributed by atoms with Crippen molar-refractivity contribution >= 4 is 43.3 Å². The predicted octanol–water partition coefficient (Wildman–Crippen LogP) is 3.52. The summed E-state index contributed by atoms with van der Waals surface area (Å²) in [6, 6.07) is 24.0. The maximum atomic E-state index is 12.3. The molecule has 3 aromatic carbocycles. The van der Waals surface area contributed by atoms with Crippen LogP contribution in [0.15, 0.2) is 112 Å². The van der Waals surface area contributed by atoms with E-state index in [9.17, 15) is 40.6 Å². The van der Waals surface area contributed by atoms with Gasteiger partial charge in [0, 0.05) is 17.9 Å². The van der Waals surface area contributed by atoms with Crippen LogP contribution in [0, 0.1) is 5.92 Å². The largest absolute Gasteiger partial charge is 0.477 e. The van der Waals surface area contributed by atoms with Gasteiger partial charge in [0.25, 0.3) is 20.2 Å². The van der Waals surface area contributed by atoms with E-state index in [0.29, 0.717) is 16.7 Å². The first-order valence-corrected chi connectivity index (χ1v) is 15.7. The Morgan fingerprint density at radius 1 is 0.864 bits per heavy atom. The summed E-state index contributed by atoms with van der Waals surface area (Å²) < 4.78 is 69.4. The van der Waals surface area contributed by atoms with Crippen LogP contribution in [0.2, 0.25) is 0 Å². The van der Waals surface area contributed by atoms with Crippen LogP contribution in [0.1, 0.15) is 22.3 Å². The van der Waals surface area contributed by atoms with Gasteiger partial charge in [-0.3, -0.25) is 13.9 Å². The average Bonchev–Trinajstić information content (AvgIpc) is 2.96. The Balaban J connectivity index is 0.000000204. The molecule has 44 heavy (non-hydrogen) atoms. The normalized spacial score (nSPS) is 17.6. The fourth-order valence-corrected chi connectivity index (χ4v) is 7.74. The summed E-state index contributed by atoms with van der Waals surface area (Å²) in [6.07, 6.45) is 4.20. The molecule has 0 fully saturated rings.